The quantitative estimate of drug-likeness (QED) is 0.397. The van der Waals surface area contributed by atoms with Gasteiger partial charge in [-0.2, -0.15) is 0 Å². The normalized spacial score (nSPS) is 11.1. The summed E-state index contributed by atoms with van der Waals surface area (Å²) >= 11 is 2.72. The molecule has 0 radical (unpaired) electrons. The number of carbonyl (C=O) groups is 1. The van der Waals surface area contributed by atoms with Crippen molar-refractivity contribution in [3.63, 3.8) is 0 Å². The molecule has 0 bridgehead atoms. The summed E-state index contributed by atoms with van der Waals surface area (Å²) in [6.07, 6.45) is 4.24. The fourth-order valence-corrected chi connectivity index (χ4v) is 4.52. The maximum atomic E-state index is 12.7. The van der Waals surface area contributed by atoms with Crippen molar-refractivity contribution < 1.29 is 4.79 Å². The van der Waals surface area contributed by atoms with Crippen LogP contribution in [-0.2, 0) is 17.8 Å². The molecule has 1 N–H and O–H groups in total. The molecule has 0 atom stereocenters. The fraction of sp³-hybridized carbons (Fsp3) is 0.381. The second-order valence-corrected chi connectivity index (χ2v) is 8.48. The lowest BCUT2D eigenvalue weighted by Gasteiger charge is -2.11. The van der Waals surface area contributed by atoms with Gasteiger partial charge in [0, 0.05) is 12.2 Å². The summed E-state index contributed by atoms with van der Waals surface area (Å²) < 4.78 is 2.35. The number of thioether (sulfide) groups is 1. The summed E-state index contributed by atoms with van der Waals surface area (Å²) in [5.74, 6) is 0.109. The van der Waals surface area contributed by atoms with Crippen molar-refractivity contribution in [2.24, 2.45) is 0 Å². The summed E-state index contributed by atoms with van der Waals surface area (Å²) in [5.41, 5.74) is 2.75. The van der Waals surface area contributed by atoms with Crippen LogP contribution in [0.15, 0.2) is 45.7 Å². The Bertz CT molecular complexity index is 993. The van der Waals surface area contributed by atoms with Gasteiger partial charge in [-0.1, -0.05) is 44.2 Å². The number of unbranched alkanes of at least 4 members (excludes halogenated alkanes) is 1. The molecule has 5 nitrogen and oxygen atoms in total. The SMILES string of the molecule is CCCCc1ccc(NC(=O)CSc2nc3ccsc3c(=O)n2CCC)cc1. The van der Waals surface area contributed by atoms with E-state index < -0.39 is 0 Å². The molecule has 0 spiro atoms. The molecule has 3 aromatic rings. The molecule has 2 aromatic heterocycles. The van der Waals surface area contributed by atoms with E-state index in [1.54, 1.807) is 4.57 Å². The largest absolute Gasteiger partial charge is 0.325 e. The molecule has 0 aliphatic heterocycles. The number of aryl methyl sites for hydroxylation is 1. The van der Waals surface area contributed by atoms with E-state index >= 15 is 0 Å². The van der Waals surface area contributed by atoms with Crippen LogP contribution in [0.4, 0.5) is 5.69 Å². The Morgan fingerprint density at radius 1 is 1.18 bits per heavy atom. The minimum Gasteiger partial charge on any atom is -0.325 e. The number of hydrogen-bond donors (Lipinski definition) is 1. The highest BCUT2D eigenvalue weighted by Crippen LogP contribution is 2.21. The van der Waals surface area contributed by atoms with Crippen molar-refractivity contribution in [3.8, 4) is 0 Å². The monoisotopic (exact) mass is 415 g/mol. The van der Waals surface area contributed by atoms with Gasteiger partial charge >= 0.3 is 0 Å². The molecular weight excluding hydrogens is 390 g/mol. The van der Waals surface area contributed by atoms with Gasteiger partial charge in [0.2, 0.25) is 5.91 Å². The molecule has 0 saturated carbocycles. The van der Waals surface area contributed by atoms with Crippen molar-refractivity contribution in [3.05, 3.63) is 51.6 Å². The number of hydrogen-bond acceptors (Lipinski definition) is 5. The van der Waals surface area contributed by atoms with Gasteiger partial charge in [-0.15, -0.1) is 11.3 Å². The third-order valence-corrected chi connectivity index (χ3v) is 6.24. The van der Waals surface area contributed by atoms with Gasteiger partial charge in [-0.3, -0.25) is 14.2 Å². The zero-order chi connectivity index (χ0) is 19.9. The summed E-state index contributed by atoms with van der Waals surface area (Å²) in [7, 11) is 0. The third kappa shape index (κ3) is 5.02. The Morgan fingerprint density at radius 2 is 1.96 bits per heavy atom. The number of carbonyl (C=O) groups excluding carboxylic acids is 1. The van der Waals surface area contributed by atoms with Gasteiger partial charge < -0.3 is 5.32 Å². The molecular formula is C21H25N3O2S2. The van der Waals surface area contributed by atoms with E-state index in [1.807, 2.05) is 30.5 Å². The van der Waals surface area contributed by atoms with Gasteiger partial charge in [-0.25, -0.2) is 4.98 Å². The zero-order valence-electron chi connectivity index (χ0n) is 16.2. The highest BCUT2D eigenvalue weighted by Gasteiger charge is 2.14. The third-order valence-electron chi connectivity index (χ3n) is 4.37. The highest BCUT2D eigenvalue weighted by molar-refractivity contribution is 7.99. The number of benzene rings is 1. The highest BCUT2D eigenvalue weighted by atomic mass is 32.2. The van der Waals surface area contributed by atoms with E-state index in [-0.39, 0.29) is 17.2 Å². The maximum absolute atomic E-state index is 12.7. The van der Waals surface area contributed by atoms with Crippen molar-refractivity contribution >= 4 is 44.9 Å². The Kier molecular flexibility index (Phi) is 7.28. The number of anilines is 1. The van der Waals surface area contributed by atoms with Gasteiger partial charge in [0.05, 0.1) is 11.3 Å². The first-order chi connectivity index (χ1) is 13.6. The van der Waals surface area contributed by atoms with E-state index in [1.165, 1.54) is 41.5 Å². The fourth-order valence-electron chi connectivity index (χ4n) is 2.92. The van der Waals surface area contributed by atoms with Crippen LogP contribution in [-0.4, -0.2) is 21.2 Å². The summed E-state index contributed by atoms with van der Waals surface area (Å²) in [4.78, 5) is 29.6. The molecule has 0 unspecified atom stereocenters. The lowest BCUT2D eigenvalue weighted by atomic mass is 10.1. The van der Waals surface area contributed by atoms with Crippen molar-refractivity contribution in [1.82, 2.24) is 9.55 Å². The van der Waals surface area contributed by atoms with Gasteiger partial charge in [-0.05, 0) is 48.4 Å². The van der Waals surface area contributed by atoms with Crippen molar-refractivity contribution in [2.75, 3.05) is 11.1 Å². The smallest absolute Gasteiger partial charge is 0.272 e. The maximum Gasteiger partial charge on any atom is 0.272 e. The zero-order valence-corrected chi connectivity index (χ0v) is 17.9. The summed E-state index contributed by atoms with van der Waals surface area (Å²) in [6.45, 7) is 4.80. The van der Waals surface area contributed by atoms with Crippen LogP contribution in [0.3, 0.4) is 0 Å². The Hall–Kier alpha value is -2.12. The van der Waals surface area contributed by atoms with Gasteiger partial charge in [0.1, 0.15) is 4.70 Å². The first kappa shape index (κ1) is 20.6. The molecule has 3 rings (SSSR count). The van der Waals surface area contributed by atoms with Crippen LogP contribution in [0.25, 0.3) is 10.2 Å². The van der Waals surface area contributed by atoms with Crippen LogP contribution < -0.4 is 10.9 Å². The van der Waals surface area contributed by atoms with E-state index in [0.717, 1.165) is 18.5 Å². The molecule has 148 valence electrons. The second-order valence-electron chi connectivity index (χ2n) is 6.62. The molecule has 7 heteroatoms. The van der Waals surface area contributed by atoms with Gasteiger partial charge in [0.15, 0.2) is 5.16 Å². The Balaban J connectivity index is 1.65. The standard InChI is InChI=1S/C21H25N3O2S2/c1-3-5-6-15-7-9-16(10-8-15)22-18(25)14-28-21-23-17-11-13-27-19(17)20(26)24(21)12-4-2/h7-11,13H,3-6,12,14H2,1-2H3,(H,22,25). The molecule has 0 aliphatic carbocycles. The van der Waals surface area contributed by atoms with Crippen LogP contribution in [0.1, 0.15) is 38.7 Å². The number of nitrogens with zero attached hydrogens (tertiary/aromatic N) is 2. The molecule has 0 fully saturated rings. The lowest BCUT2D eigenvalue weighted by Crippen LogP contribution is -2.23. The van der Waals surface area contributed by atoms with E-state index in [2.05, 4.69) is 29.4 Å². The number of rotatable bonds is 9. The van der Waals surface area contributed by atoms with Crippen LogP contribution in [0, 0.1) is 0 Å². The minimum absolute atomic E-state index is 0.0209. The van der Waals surface area contributed by atoms with E-state index in [9.17, 15) is 9.59 Å². The predicted octanol–water partition coefficient (Wildman–Crippen LogP) is 4.94. The lowest BCUT2D eigenvalue weighted by molar-refractivity contribution is -0.113. The second kappa shape index (κ2) is 9.89. The van der Waals surface area contributed by atoms with Crippen LogP contribution >= 0.6 is 23.1 Å². The molecule has 2 heterocycles. The molecule has 1 amide bonds. The average molecular weight is 416 g/mol. The van der Waals surface area contributed by atoms with Crippen LogP contribution in [0.5, 0.6) is 0 Å². The molecule has 0 aliphatic rings. The van der Waals surface area contributed by atoms with E-state index in [0.29, 0.717) is 21.9 Å². The molecule has 0 saturated heterocycles. The number of aromatic nitrogens is 2. The number of amides is 1. The van der Waals surface area contributed by atoms with Gasteiger partial charge in [0.25, 0.3) is 5.56 Å². The number of nitrogens with one attached hydrogen (secondary N) is 1. The first-order valence-corrected chi connectivity index (χ1v) is 11.5. The summed E-state index contributed by atoms with van der Waals surface area (Å²) in [5, 5.41) is 5.40. The Morgan fingerprint density at radius 3 is 2.68 bits per heavy atom. The topological polar surface area (TPSA) is 64.0 Å². The molecule has 28 heavy (non-hydrogen) atoms. The van der Waals surface area contributed by atoms with Crippen LogP contribution in [0.2, 0.25) is 0 Å². The minimum atomic E-state index is -0.103. The average Bonchev–Trinajstić information content (AvgIpc) is 3.17. The molecule has 1 aromatic carbocycles. The predicted molar refractivity (Wildman–Crippen MR) is 119 cm³/mol. The number of fused-ring (bicyclic) bond motifs is 1. The number of thiophene rings is 1. The van der Waals surface area contributed by atoms with Crippen molar-refractivity contribution in [2.45, 2.75) is 51.2 Å². The summed E-state index contributed by atoms with van der Waals surface area (Å²) in [6, 6.07) is 9.85. The Labute approximate surface area is 173 Å². The first-order valence-electron chi connectivity index (χ1n) is 9.62. The van der Waals surface area contributed by atoms with E-state index in [4.69, 9.17) is 0 Å². The van der Waals surface area contributed by atoms with Crippen molar-refractivity contribution in [1.29, 1.82) is 0 Å².